The van der Waals surface area contributed by atoms with E-state index in [2.05, 4.69) is 5.32 Å². The fourth-order valence-corrected chi connectivity index (χ4v) is 6.23. The van der Waals surface area contributed by atoms with E-state index in [0.29, 0.717) is 50.1 Å². The number of nitrogens with zero attached hydrogens (tertiary/aromatic N) is 1. The maximum Gasteiger partial charge on any atom is 0.410 e. The number of para-hydroxylation sites is 2. The number of nitrogens with one attached hydrogen (secondary N) is 1. The third-order valence-electron chi connectivity index (χ3n) is 8.65. The van der Waals surface area contributed by atoms with Gasteiger partial charge in [-0.2, -0.15) is 0 Å². The highest BCUT2D eigenvalue weighted by Gasteiger charge is 2.44. The summed E-state index contributed by atoms with van der Waals surface area (Å²) in [7, 11) is 0. The van der Waals surface area contributed by atoms with E-state index in [4.69, 9.17) is 19.3 Å². The molecule has 1 amide bonds. The zero-order valence-corrected chi connectivity index (χ0v) is 26.7. The Bertz CT molecular complexity index is 1490. The first-order chi connectivity index (χ1) is 22.2. The van der Waals surface area contributed by atoms with Crippen molar-refractivity contribution < 1.29 is 33.7 Å². The molecule has 9 heteroatoms. The lowest BCUT2D eigenvalue weighted by atomic mass is 9.82. The fourth-order valence-electron chi connectivity index (χ4n) is 6.23. The maximum atomic E-state index is 12.4. The van der Waals surface area contributed by atoms with Crippen molar-refractivity contribution in [3.8, 4) is 11.5 Å². The summed E-state index contributed by atoms with van der Waals surface area (Å²) in [5.74, 6) is 1.76. The summed E-state index contributed by atoms with van der Waals surface area (Å²) in [6.45, 7) is 6.65. The molecule has 2 saturated heterocycles. The number of benzene rings is 3. The minimum Gasteiger partial charge on any atom is -0.486 e. The standard InChI is InChI=1S/C21H21NO4.C13H15NO2.C3H8O/c23-18-14-21(26-19-9-5-4-8-17(18)19)10-12-22(13-11-21)20(24)25-15-16-6-2-1-3-7-16;15-11-9-13(5-7-14-8-6-13)16-12-4-2-1-3-10(11)12;1-3(2)4/h1-9H,10-15H2;1-4,14H,5-9H2;3-4H,1-2H3. The second-order valence-corrected chi connectivity index (χ2v) is 12.6. The van der Waals surface area contributed by atoms with Crippen LogP contribution >= 0.6 is 0 Å². The lowest BCUT2D eigenvalue weighted by molar-refractivity contribution is -0.00989. The summed E-state index contributed by atoms with van der Waals surface area (Å²) in [5.41, 5.74) is 1.62. The van der Waals surface area contributed by atoms with E-state index < -0.39 is 5.60 Å². The zero-order valence-electron chi connectivity index (χ0n) is 26.7. The Morgan fingerprint density at radius 3 is 1.76 bits per heavy atom. The van der Waals surface area contributed by atoms with Gasteiger partial charge >= 0.3 is 6.09 Å². The quantitative estimate of drug-likeness (QED) is 0.356. The Hall–Kier alpha value is -4.21. The van der Waals surface area contributed by atoms with Crippen LogP contribution in [-0.4, -0.2) is 71.2 Å². The van der Waals surface area contributed by atoms with Crippen molar-refractivity contribution in [2.24, 2.45) is 0 Å². The van der Waals surface area contributed by atoms with E-state index in [-0.39, 0.29) is 36.0 Å². The van der Waals surface area contributed by atoms with Crippen LogP contribution in [0.2, 0.25) is 0 Å². The maximum absolute atomic E-state index is 12.4. The smallest absolute Gasteiger partial charge is 0.410 e. The number of ether oxygens (including phenoxy) is 3. The van der Waals surface area contributed by atoms with Crippen LogP contribution in [0, 0.1) is 0 Å². The van der Waals surface area contributed by atoms with E-state index >= 15 is 0 Å². The number of hydrogen-bond acceptors (Lipinski definition) is 8. The first-order valence-electron chi connectivity index (χ1n) is 16.1. The van der Waals surface area contributed by atoms with Gasteiger partial charge in [0, 0.05) is 44.9 Å². The molecule has 9 nitrogen and oxygen atoms in total. The molecule has 3 aromatic rings. The number of rotatable bonds is 2. The number of amides is 1. The largest absolute Gasteiger partial charge is 0.486 e. The summed E-state index contributed by atoms with van der Waals surface area (Å²) in [4.78, 5) is 38.5. The minimum atomic E-state index is -0.498. The molecule has 3 aromatic carbocycles. The van der Waals surface area contributed by atoms with Gasteiger partial charge in [-0.15, -0.1) is 0 Å². The van der Waals surface area contributed by atoms with Gasteiger partial charge in [0.15, 0.2) is 11.6 Å². The van der Waals surface area contributed by atoms with Crippen LogP contribution in [0.4, 0.5) is 4.79 Å². The minimum absolute atomic E-state index is 0.118. The van der Waals surface area contributed by atoms with Gasteiger partial charge in [-0.25, -0.2) is 4.79 Å². The summed E-state index contributed by atoms with van der Waals surface area (Å²) in [6.07, 6.45) is 3.54. The van der Waals surface area contributed by atoms with Crippen LogP contribution in [0.1, 0.15) is 78.7 Å². The van der Waals surface area contributed by atoms with Crippen LogP contribution in [0.25, 0.3) is 0 Å². The van der Waals surface area contributed by atoms with Crippen molar-refractivity contribution in [1.82, 2.24) is 10.2 Å². The Morgan fingerprint density at radius 2 is 1.24 bits per heavy atom. The molecule has 0 aromatic heterocycles. The average Bonchev–Trinajstić information content (AvgIpc) is 3.05. The third kappa shape index (κ3) is 8.33. The normalized spacial score (nSPS) is 18.9. The van der Waals surface area contributed by atoms with Gasteiger partial charge in [-0.3, -0.25) is 9.59 Å². The first kappa shape index (κ1) is 33.2. The molecule has 4 aliphatic heterocycles. The summed E-state index contributed by atoms with van der Waals surface area (Å²) in [5, 5.41) is 11.4. The van der Waals surface area contributed by atoms with E-state index in [1.165, 1.54) is 0 Å². The second kappa shape index (κ2) is 14.9. The van der Waals surface area contributed by atoms with Crippen LogP contribution < -0.4 is 14.8 Å². The van der Waals surface area contributed by atoms with Gasteiger partial charge in [0.05, 0.1) is 24.0 Å². The van der Waals surface area contributed by atoms with Crippen molar-refractivity contribution in [2.75, 3.05) is 26.2 Å². The molecule has 0 bridgehead atoms. The van der Waals surface area contributed by atoms with Gasteiger partial charge in [0.2, 0.25) is 0 Å². The van der Waals surface area contributed by atoms with E-state index in [9.17, 15) is 14.4 Å². The molecular weight excluding hydrogens is 584 g/mol. The molecule has 0 saturated carbocycles. The van der Waals surface area contributed by atoms with Crippen molar-refractivity contribution >= 4 is 17.7 Å². The molecule has 4 aliphatic rings. The molecule has 2 spiro atoms. The van der Waals surface area contributed by atoms with Crippen LogP contribution in [0.5, 0.6) is 11.5 Å². The number of carbonyl (C=O) groups is 3. The predicted octanol–water partition coefficient (Wildman–Crippen LogP) is 5.98. The van der Waals surface area contributed by atoms with E-state index in [1.807, 2.05) is 72.8 Å². The topological polar surface area (TPSA) is 114 Å². The highest BCUT2D eigenvalue weighted by molar-refractivity contribution is 6.01. The highest BCUT2D eigenvalue weighted by Crippen LogP contribution is 2.40. The van der Waals surface area contributed by atoms with Crippen LogP contribution in [0.3, 0.4) is 0 Å². The second-order valence-electron chi connectivity index (χ2n) is 12.6. The number of piperidine rings is 2. The number of carbonyl (C=O) groups excluding carboxylic acids is 3. The molecule has 4 heterocycles. The van der Waals surface area contributed by atoms with Crippen LogP contribution in [-0.2, 0) is 11.3 Å². The lowest BCUT2D eigenvalue weighted by Crippen LogP contribution is -2.52. The summed E-state index contributed by atoms with van der Waals surface area (Å²) < 4.78 is 17.7. The number of ketones is 2. The lowest BCUT2D eigenvalue weighted by Gasteiger charge is -2.43. The molecule has 0 aliphatic carbocycles. The van der Waals surface area contributed by atoms with Crippen molar-refractivity contribution in [2.45, 2.75) is 76.3 Å². The molecule has 244 valence electrons. The molecular formula is C37H44N2O7. The number of Topliss-reactive ketones (excluding diaryl/α,β-unsaturated/α-hetero) is 2. The Balaban J connectivity index is 0.000000177. The third-order valence-corrected chi connectivity index (χ3v) is 8.65. The number of likely N-dealkylation sites (tertiary alicyclic amines) is 1. The SMILES string of the molecule is CC(C)O.O=C1CC2(CCN(C(=O)OCc3ccccc3)CC2)Oc2ccccc21.O=C1CC2(CCNCC2)Oc2ccccc21. The number of fused-ring (bicyclic) bond motifs is 2. The molecule has 0 radical (unpaired) electrons. The van der Waals surface area contributed by atoms with Crippen molar-refractivity contribution in [1.29, 1.82) is 0 Å². The molecule has 2 fully saturated rings. The molecule has 0 atom stereocenters. The number of aliphatic hydroxyl groups excluding tert-OH is 1. The monoisotopic (exact) mass is 628 g/mol. The van der Waals surface area contributed by atoms with Crippen LogP contribution in [0.15, 0.2) is 78.9 Å². The predicted molar refractivity (Wildman–Crippen MR) is 174 cm³/mol. The average molecular weight is 629 g/mol. The Kier molecular flexibility index (Phi) is 10.8. The Morgan fingerprint density at radius 1 is 0.783 bits per heavy atom. The first-order valence-corrected chi connectivity index (χ1v) is 16.1. The molecule has 7 rings (SSSR count). The summed E-state index contributed by atoms with van der Waals surface area (Å²) >= 11 is 0. The Labute approximate surface area is 270 Å². The van der Waals surface area contributed by atoms with Gasteiger partial charge in [-0.1, -0.05) is 54.6 Å². The molecule has 0 unspecified atom stereocenters. The van der Waals surface area contributed by atoms with Crippen molar-refractivity contribution in [3.05, 3.63) is 95.6 Å². The van der Waals surface area contributed by atoms with Gasteiger partial charge in [0.25, 0.3) is 0 Å². The number of hydrogen-bond donors (Lipinski definition) is 2. The summed E-state index contributed by atoms with van der Waals surface area (Å²) in [6, 6.07) is 24.6. The highest BCUT2D eigenvalue weighted by atomic mass is 16.6. The zero-order chi connectivity index (χ0) is 32.6. The van der Waals surface area contributed by atoms with Gasteiger partial charge in [0.1, 0.15) is 29.3 Å². The van der Waals surface area contributed by atoms with E-state index in [1.54, 1.807) is 24.8 Å². The molecule has 46 heavy (non-hydrogen) atoms. The molecule has 2 N–H and O–H groups in total. The van der Waals surface area contributed by atoms with E-state index in [0.717, 1.165) is 42.8 Å². The fraction of sp³-hybridized carbons (Fsp3) is 0.432. The number of aliphatic hydroxyl groups is 1. The van der Waals surface area contributed by atoms with Gasteiger partial charge < -0.3 is 29.5 Å². The van der Waals surface area contributed by atoms with Crippen molar-refractivity contribution in [3.63, 3.8) is 0 Å². The van der Waals surface area contributed by atoms with Gasteiger partial charge in [-0.05, 0) is 56.8 Å².